The summed E-state index contributed by atoms with van der Waals surface area (Å²) in [6, 6.07) is 11.4. The number of pyridine rings is 1. The van der Waals surface area contributed by atoms with Gasteiger partial charge in [-0.15, -0.1) is 12.4 Å². The van der Waals surface area contributed by atoms with Crippen molar-refractivity contribution in [2.75, 3.05) is 36.4 Å². The van der Waals surface area contributed by atoms with Crippen molar-refractivity contribution < 1.29 is 9.59 Å². The molecule has 1 N–H and O–H groups in total. The van der Waals surface area contributed by atoms with Crippen molar-refractivity contribution in [1.82, 2.24) is 19.4 Å². The number of Topliss-reactive ketones (excluding diaryl/α,β-unsaturated/α-hetero) is 1. The number of amides is 1. The molecule has 2 aromatic heterocycles. The number of fused-ring (bicyclic) bond motifs is 1. The molecule has 1 amide bonds. The molecule has 8 nitrogen and oxygen atoms in total. The average Bonchev–Trinajstić information content (AvgIpc) is 3.26. The Morgan fingerprint density at radius 1 is 0.923 bits per heavy atom. The van der Waals surface area contributed by atoms with Crippen LogP contribution in [0.25, 0.3) is 11.2 Å². The first kappa shape index (κ1) is 30.6. The van der Waals surface area contributed by atoms with Gasteiger partial charge in [-0.25, -0.2) is 9.97 Å². The van der Waals surface area contributed by atoms with Gasteiger partial charge in [0.05, 0.1) is 0 Å². The van der Waals surface area contributed by atoms with E-state index in [4.69, 9.17) is 9.97 Å². The zero-order valence-corrected chi connectivity index (χ0v) is 24.4. The smallest absolute Gasteiger partial charge is 0.228 e. The van der Waals surface area contributed by atoms with Gasteiger partial charge in [0.2, 0.25) is 11.9 Å². The molecule has 3 aromatic rings. The molecule has 4 rings (SSSR count). The summed E-state index contributed by atoms with van der Waals surface area (Å²) in [4.78, 5) is 38.9. The molecule has 1 fully saturated rings. The fourth-order valence-electron chi connectivity index (χ4n) is 5.03. The number of rotatable bonds is 13. The van der Waals surface area contributed by atoms with Crippen LogP contribution in [0.3, 0.4) is 0 Å². The molecule has 39 heavy (non-hydrogen) atoms. The van der Waals surface area contributed by atoms with Gasteiger partial charge in [-0.05, 0) is 95.1 Å². The van der Waals surface area contributed by atoms with Gasteiger partial charge in [0.15, 0.2) is 11.4 Å². The third kappa shape index (κ3) is 8.02. The fraction of sp³-hybridized carbons (Fsp3) is 0.533. The zero-order valence-electron chi connectivity index (χ0n) is 23.6. The number of carbonyl (C=O) groups is 2. The minimum absolute atomic E-state index is 0. The van der Waals surface area contributed by atoms with Crippen molar-refractivity contribution in [3.8, 4) is 0 Å². The molecule has 0 atom stereocenters. The minimum Gasteiger partial charge on any atom is -0.326 e. The number of nitrogens with zero attached hydrogens (tertiary/aromatic N) is 5. The van der Waals surface area contributed by atoms with E-state index in [1.54, 1.807) is 6.92 Å². The number of hydrogen-bond donors (Lipinski definition) is 1. The van der Waals surface area contributed by atoms with Gasteiger partial charge in [-0.2, -0.15) is 0 Å². The third-order valence-electron chi connectivity index (χ3n) is 7.21. The van der Waals surface area contributed by atoms with Crippen LogP contribution in [0.2, 0.25) is 0 Å². The van der Waals surface area contributed by atoms with Crippen LogP contribution in [0.1, 0.15) is 82.5 Å². The monoisotopic (exact) mass is 554 g/mol. The number of halogens is 1. The van der Waals surface area contributed by atoms with Crippen LogP contribution in [0.5, 0.6) is 0 Å². The summed E-state index contributed by atoms with van der Waals surface area (Å²) in [6.45, 7) is 10.6. The lowest BCUT2D eigenvalue weighted by Gasteiger charge is -2.26. The number of unbranched alkanes of at least 4 members (excludes halogenated alkanes) is 1. The highest BCUT2D eigenvalue weighted by Gasteiger charge is 2.20. The summed E-state index contributed by atoms with van der Waals surface area (Å²) >= 11 is 0. The van der Waals surface area contributed by atoms with Gasteiger partial charge in [-0.3, -0.25) is 19.1 Å². The van der Waals surface area contributed by atoms with E-state index in [1.165, 1.54) is 32.4 Å². The van der Waals surface area contributed by atoms with Gasteiger partial charge >= 0.3 is 0 Å². The summed E-state index contributed by atoms with van der Waals surface area (Å²) in [7, 11) is 0. The highest BCUT2D eigenvalue weighted by atomic mass is 35.5. The topological polar surface area (TPSA) is 83.4 Å². The maximum Gasteiger partial charge on any atom is 0.228 e. The Morgan fingerprint density at radius 3 is 2.33 bits per heavy atom. The standard InChI is InChI=1S/C30H42N6O2.ClH/c1-4-6-21-35(28(38)11-5-2)27-17-16-26-29(33-27)36(22-10-20-34-18-8-7-9-19-34)30(32-26)31-25-14-12-24(13-15-25)23(3)37;/h12-17H,4-11,18-22H2,1-3H3,(H,31,32);1H. The van der Waals surface area contributed by atoms with E-state index in [0.717, 1.165) is 61.6 Å². The molecule has 1 aliphatic heterocycles. The molecule has 3 heterocycles. The second kappa shape index (κ2) is 15.0. The molecule has 9 heteroatoms. The lowest BCUT2D eigenvalue weighted by atomic mass is 10.1. The molecule has 212 valence electrons. The number of aromatic nitrogens is 3. The highest BCUT2D eigenvalue weighted by molar-refractivity contribution is 5.94. The number of ketones is 1. The van der Waals surface area contributed by atoms with E-state index in [2.05, 4.69) is 21.7 Å². The molecule has 1 aliphatic rings. The number of imidazole rings is 1. The van der Waals surface area contributed by atoms with Crippen LogP contribution in [0.4, 0.5) is 17.5 Å². The van der Waals surface area contributed by atoms with Crippen LogP contribution in [0, 0.1) is 0 Å². The molecule has 0 radical (unpaired) electrons. The first-order chi connectivity index (χ1) is 18.5. The number of aryl methyl sites for hydroxylation is 1. The zero-order chi connectivity index (χ0) is 26.9. The highest BCUT2D eigenvalue weighted by Crippen LogP contribution is 2.26. The Labute approximate surface area is 238 Å². The number of benzene rings is 1. The first-order valence-electron chi connectivity index (χ1n) is 14.3. The van der Waals surface area contributed by atoms with Crippen LogP contribution < -0.4 is 10.2 Å². The van der Waals surface area contributed by atoms with E-state index in [-0.39, 0.29) is 24.1 Å². The summed E-state index contributed by atoms with van der Waals surface area (Å²) < 4.78 is 2.14. The summed E-state index contributed by atoms with van der Waals surface area (Å²) in [5.74, 6) is 1.58. The van der Waals surface area contributed by atoms with Crippen molar-refractivity contribution in [3.05, 3.63) is 42.0 Å². The molecule has 1 saturated heterocycles. The quantitative estimate of drug-likeness (QED) is 0.239. The van der Waals surface area contributed by atoms with E-state index in [9.17, 15) is 9.59 Å². The van der Waals surface area contributed by atoms with Gasteiger partial charge in [0.25, 0.3) is 0 Å². The lowest BCUT2D eigenvalue weighted by Crippen LogP contribution is -2.32. The van der Waals surface area contributed by atoms with Crippen molar-refractivity contribution in [1.29, 1.82) is 0 Å². The third-order valence-corrected chi connectivity index (χ3v) is 7.21. The molecule has 0 aliphatic carbocycles. The van der Waals surface area contributed by atoms with E-state index >= 15 is 0 Å². The molecular weight excluding hydrogens is 512 g/mol. The molecule has 0 saturated carbocycles. The number of nitrogens with one attached hydrogen (secondary N) is 1. The fourth-order valence-corrected chi connectivity index (χ4v) is 5.03. The van der Waals surface area contributed by atoms with Crippen molar-refractivity contribution in [2.24, 2.45) is 0 Å². The number of anilines is 3. The Kier molecular flexibility index (Phi) is 11.7. The second-order valence-electron chi connectivity index (χ2n) is 10.3. The predicted octanol–water partition coefficient (Wildman–Crippen LogP) is 6.61. The summed E-state index contributed by atoms with van der Waals surface area (Å²) in [5.41, 5.74) is 3.13. The van der Waals surface area contributed by atoms with Crippen LogP contribution >= 0.6 is 12.4 Å². The van der Waals surface area contributed by atoms with Crippen molar-refractivity contribution in [2.45, 2.75) is 78.7 Å². The maximum absolute atomic E-state index is 13.0. The average molecular weight is 555 g/mol. The van der Waals surface area contributed by atoms with E-state index in [0.29, 0.717) is 24.3 Å². The Bertz CT molecular complexity index is 1220. The largest absolute Gasteiger partial charge is 0.326 e. The number of likely N-dealkylation sites (tertiary alicyclic amines) is 1. The van der Waals surface area contributed by atoms with Crippen molar-refractivity contribution >= 4 is 52.7 Å². The first-order valence-corrected chi connectivity index (χ1v) is 14.3. The van der Waals surface area contributed by atoms with Gasteiger partial charge in [0.1, 0.15) is 11.3 Å². The van der Waals surface area contributed by atoms with Gasteiger partial charge in [0, 0.05) is 30.8 Å². The molecule has 0 bridgehead atoms. The summed E-state index contributed by atoms with van der Waals surface area (Å²) in [5, 5.41) is 3.45. The SMILES string of the molecule is CCCCN(C(=O)CCC)c1ccc2nc(Nc3ccc(C(C)=O)cc3)n(CCCN3CCCCC3)c2n1.Cl. The normalized spacial score (nSPS) is 13.7. The number of hydrogen-bond acceptors (Lipinski definition) is 6. The Hall–Kier alpha value is -2.97. The molecule has 1 aromatic carbocycles. The maximum atomic E-state index is 13.0. The molecule has 0 spiro atoms. The lowest BCUT2D eigenvalue weighted by molar-refractivity contribution is -0.118. The Balaban J connectivity index is 0.00000420. The predicted molar refractivity (Wildman–Crippen MR) is 162 cm³/mol. The Morgan fingerprint density at radius 2 is 1.67 bits per heavy atom. The summed E-state index contributed by atoms with van der Waals surface area (Å²) in [6.07, 6.45) is 8.16. The van der Waals surface area contributed by atoms with Crippen LogP contribution in [-0.4, -0.2) is 57.3 Å². The molecule has 0 unspecified atom stereocenters. The van der Waals surface area contributed by atoms with E-state index in [1.807, 2.05) is 48.2 Å². The second-order valence-corrected chi connectivity index (χ2v) is 10.3. The van der Waals surface area contributed by atoms with Gasteiger partial charge in [-0.1, -0.05) is 26.7 Å². The molecular formula is C30H43ClN6O2. The number of piperidine rings is 1. The van der Waals surface area contributed by atoms with Gasteiger partial charge < -0.3 is 10.2 Å². The minimum atomic E-state index is 0. The van der Waals surface area contributed by atoms with Crippen LogP contribution in [0.15, 0.2) is 36.4 Å². The van der Waals surface area contributed by atoms with Crippen molar-refractivity contribution in [3.63, 3.8) is 0 Å². The number of carbonyl (C=O) groups excluding carboxylic acids is 2. The van der Waals surface area contributed by atoms with E-state index < -0.39 is 0 Å². The van der Waals surface area contributed by atoms with Crippen LogP contribution in [-0.2, 0) is 11.3 Å².